The van der Waals surface area contributed by atoms with Gasteiger partial charge in [0.2, 0.25) is 0 Å². The molecule has 2 rings (SSSR count). The fourth-order valence-electron chi connectivity index (χ4n) is 2.60. The molecule has 2 aliphatic rings. The Hall–Kier alpha value is -1.52. The number of rotatable bonds is 3. The average Bonchev–Trinajstić information content (AvgIpc) is 3.00. The molecule has 1 saturated heterocycles. The minimum Gasteiger partial charge on any atom is -0.481 e. The number of carboxylic acid groups (broad SMARTS) is 1. The molecule has 0 radical (unpaired) electrons. The van der Waals surface area contributed by atoms with E-state index in [2.05, 4.69) is 6.58 Å². The van der Waals surface area contributed by atoms with Gasteiger partial charge in [-0.2, -0.15) is 0 Å². The van der Waals surface area contributed by atoms with Crippen LogP contribution >= 0.6 is 0 Å². The van der Waals surface area contributed by atoms with Gasteiger partial charge in [0, 0.05) is 13.1 Å². The number of carbonyl (C=O) groups is 2. The van der Waals surface area contributed by atoms with Crippen molar-refractivity contribution in [1.82, 2.24) is 4.90 Å². The van der Waals surface area contributed by atoms with Crippen LogP contribution in [0.2, 0.25) is 0 Å². The highest BCUT2D eigenvalue weighted by Crippen LogP contribution is 2.58. The van der Waals surface area contributed by atoms with Gasteiger partial charge >= 0.3 is 12.1 Å². The van der Waals surface area contributed by atoms with E-state index in [1.807, 2.05) is 0 Å². The van der Waals surface area contributed by atoms with Crippen LogP contribution in [-0.4, -0.2) is 41.8 Å². The Balaban J connectivity index is 1.91. The minimum atomic E-state index is -0.719. The van der Waals surface area contributed by atoms with E-state index in [1.54, 1.807) is 4.90 Å². The number of ether oxygens (including phenoxy) is 1. The first-order valence-corrected chi connectivity index (χ1v) is 5.86. The quantitative estimate of drug-likeness (QED) is 0.758. The molecule has 0 spiro atoms. The Labute approximate surface area is 100 Å². The standard InChI is InChI=1S/C12H17NO4/c1-2-7-17-11(16)13-5-3-9-8-12(9,4-6-13)10(14)15/h2,9H,1,3-8H2,(H,14,15). The van der Waals surface area contributed by atoms with Gasteiger partial charge in [0.25, 0.3) is 0 Å². The Kier molecular flexibility index (Phi) is 3.09. The normalized spacial score (nSPS) is 31.1. The summed E-state index contributed by atoms with van der Waals surface area (Å²) in [5.74, 6) is -0.485. The molecule has 2 unspecified atom stereocenters. The first-order valence-electron chi connectivity index (χ1n) is 5.86. The van der Waals surface area contributed by atoms with E-state index in [1.165, 1.54) is 6.08 Å². The van der Waals surface area contributed by atoms with Crippen LogP contribution in [0.25, 0.3) is 0 Å². The average molecular weight is 239 g/mol. The Morgan fingerprint density at radius 1 is 1.53 bits per heavy atom. The van der Waals surface area contributed by atoms with Gasteiger partial charge in [0.05, 0.1) is 5.41 Å². The lowest BCUT2D eigenvalue weighted by Gasteiger charge is -2.20. The summed E-state index contributed by atoms with van der Waals surface area (Å²) in [6.07, 6.45) is 3.21. The maximum Gasteiger partial charge on any atom is 0.410 e. The smallest absolute Gasteiger partial charge is 0.410 e. The van der Waals surface area contributed by atoms with Crippen LogP contribution in [-0.2, 0) is 9.53 Å². The lowest BCUT2D eigenvalue weighted by molar-refractivity contribution is -0.144. The molecule has 1 aliphatic carbocycles. The fourth-order valence-corrected chi connectivity index (χ4v) is 2.60. The van der Waals surface area contributed by atoms with E-state index in [-0.39, 0.29) is 18.6 Å². The monoisotopic (exact) mass is 239 g/mol. The molecule has 94 valence electrons. The molecule has 1 amide bonds. The highest BCUT2D eigenvalue weighted by Gasteiger charge is 2.60. The van der Waals surface area contributed by atoms with E-state index in [9.17, 15) is 14.7 Å². The molecule has 0 bridgehead atoms. The lowest BCUT2D eigenvalue weighted by atomic mass is 9.99. The maximum atomic E-state index is 11.6. The molecule has 0 aromatic rings. The third kappa shape index (κ3) is 2.14. The van der Waals surface area contributed by atoms with E-state index < -0.39 is 11.4 Å². The van der Waals surface area contributed by atoms with Gasteiger partial charge in [-0.3, -0.25) is 4.79 Å². The van der Waals surface area contributed by atoms with Crippen molar-refractivity contribution in [1.29, 1.82) is 0 Å². The van der Waals surface area contributed by atoms with Crippen molar-refractivity contribution in [3.8, 4) is 0 Å². The van der Waals surface area contributed by atoms with Crippen LogP contribution in [0.5, 0.6) is 0 Å². The molecule has 5 nitrogen and oxygen atoms in total. The van der Waals surface area contributed by atoms with Crippen molar-refractivity contribution in [3.63, 3.8) is 0 Å². The van der Waals surface area contributed by atoms with E-state index in [0.29, 0.717) is 19.5 Å². The van der Waals surface area contributed by atoms with Gasteiger partial charge in [-0.15, -0.1) is 0 Å². The second-order valence-electron chi connectivity index (χ2n) is 4.75. The number of likely N-dealkylation sites (tertiary alicyclic amines) is 1. The predicted molar refractivity (Wildman–Crippen MR) is 60.5 cm³/mol. The summed E-state index contributed by atoms with van der Waals surface area (Å²) in [6.45, 7) is 4.74. The number of hydrogen-bond acceptors (Lipinski definition) is 3. The van der Waals surface area contributed by atoms with Crippen LogP contribution in [0.1, 0.15) is 19.3 Å². The van der Waals surface area contributed by atoms with Crippen molar-refractivity contribution in [3.05, 3.63) is 12.7 Å². The van der Waals surface area contributed by atoms with Gasteiger partial charge in [-0.25, -0.2) is 4.79 Å². The molecular weight excluding hydrogens is 222 g/mol. The topological polar surface area (TPSA) is 66.8 Å². The lowest BCUT2D eigenvalue weighted by Crippen LogP contribution is -2.33. The molecule has 2 atom stereocenters. The van der Waals surface area contributed by atoms with Crippen LogP contribution in [0.4, 0.5) is 4.79 Å². The molecule has 5 heteroatoms. The Morgan fingerprint density at radius 3 is 2.94 bits per heavy atom. The van der Waals surface area contributed by atoms with Crippen molar-refractivity contribution < 1.29 is 19.4 Å². The zero-order valence-corrected chi connectivity index (χ0v) is 9.72. The summed E-state index contributed by atoms with van der Waals surface area (Å²) in [7, 11) is 0. The van der Waals surface area contributed by atoms with E-state index in [4.69, 9.17) is 4.74 Å². The molecule has 1 heterocycles. The summed E-state index contributed by atoms with van der Waals surface area (Å²) >= 11 is 0. The van der Waals surface area contributed by atoms with Gasteiger partial charge in [-0.1, -0.05) is 12.7 Å². The number of hydrogen-bond donors (Lipinski definition) is 1. The highest BCUT2D eigenvalue weighted by molar-refractivity contribution is 5.79. The summed E-state index contributed by atoms with van der Waals surface area (Å²) < 4.78 is 4.95. The molecular formula is C12H17NO4. The number of aliphatic carboxylic acids is 1. The number of amides is 1. The minimum absolute atomic E-state index is 0.197. The summed E-state index contributed by atoms with van der Waals surface area (Å²) in [4.78, 5) is 24.4. The Bertz CT molecular complexity index is 354. The van der Waals surface area contributed by atoms with Gasteiger partial charge < -0.3 is 14.7 Å². The van der Waals surface area contributed by atoms with E-state index in [0.717, 1.165) is 12.8 Å². The molecule has 17 heavy (non-hydrogen) atoms. The van der Waals surface area contributed by atoms with Crippen LogP contribution in [0.15, 0.2) is 12.7 Å². The first-order chi connectivity index (χ1) is 8.10. The number of carboxylic acids is 1. The SMILES string of the molecule is C=CCOC(=O)N1CCC2CC2(C(=O)O)CC1. The summed E-state index contributed by atoms with van der Waals surface area (Å²) in [5.41, 5.74) is -0.562. The maximum absolute atomic E-state index is 11.6. The highest BCUT2D eigenvalue weighted by atomic mass is 16.6. The molecule has 1 aliphatic heterocycles. The third-order valence-corrected chi connectivity index (χ3v) is 3.82. The zero-order chi connectivity index (χ0) is 12.5. The molecule has 1 saturated carbocycles. The van der Waals surface area contributed by atoms with Gasteiger partial charge in [0.15, 0.2) is 0 Å². The van der Waals surface area contributed by atoms with E-state index >= 15 is 0 Å². The third-order valence-electron chi connectivity index (χ3n) is 3.82. The van der Waals surface area contributed by atoms with Gasteiger partial charge in [-0.05, 0) is 25.2 Å². The molecule has 0 aromatic heterocycles. The Morgan fingerprint density at radius 2 is 2.29 bits per heavy atom. The molecule has 2 fully saturated rings. The second-order valence-corrected chi connectivity index (χ2v) is 4.75. The fraction of sp³-hybridized carbons (Fsp3) is 0.667. The van der Waals surface area contributed by atoms with Crippen molar-refractivity contribution in [2.45, 2.75) is 19.3 Å². The van der Waals surface area contributed by atoms with Crippen molar-refractivity contribution >= 4 is 12.1 Å². The largest absolute Gasteiger partial charge is 0.481 e. The van der Waals surface area contributed by atoms with Gasteiger partial charge in [0.1, 0.15) is 6.61 Å². The number of carbonyl (C=O) groups excluding carboxylic acids is 1. The zero-order valence-electron chi connectivity index (χ0n) is 9.72. The number of fused-ring (bicyclic) bond motifs is 1. The first kappa shape index (κ1) is 12.0. The van der Waals surface area contributed by atoms with Crippen LogP contribution < -0.4 is 0 Å². The molecule has 0 aromatic carbocycles. The predicted octanol–water partition coefficient (Wildman–Crippen LogP) is 1.50. The molecule has 1 N–H and O–H groups in total. The van der Waals surface area contributed by atoms with Crippen molar-refractivity contribution in [2.24, 2.45) is 11.3 Å². The summed E-state index contributed by atoms with van der Waals surface area (Å²) in [5, 5.41) is 9.18. The second kappa shape index (κ2) is 4.39. The number of nitrogens with zero attached hydrogens (tertiary/aromatic N) is 1. The van der Waals surface area contributed by atoms with Crippen LogP contribution in [0, 0.1) is 11.3 Å². The summed E-state index contributed by atoms with van der Waals surface area (Å²) in [6, 6.07) is 0. The van der Waals surface area contributed by atoms with Crippen molar-refractivity contribution in [2.75, 3.05) is 19.7 Å². The van der Waals surface area contributed by atoms with Crippen LogP contribution in [0.3, 0.4) is 0 Å².